The second-order valence-electron chi connectivity index (χ2n) is 2.96. The molecule has 0 radical (unpaired) electrons. The molecule has 0 heterocycles. The maximum Gasteiger partial charge on any atom is 0.187 e. The molecule has 0 amide bonds. The Hall–Kier alpha value is -0.610. The summed E-state index contributed by atoms with van der Waals surface area (Å²) in [5, 5.41) is 2.17. The number of halogens is 2. The van der Waals surface area contributed by atoms with Crippen LogP contribution in [0.2, 0.25) is 10.0 Å². The summed E-state index contributed by atoms with van der Waals surface area (Å²) in [5.41, 5.74) is 0. The molecule has 15 heavy (non-hydrogen) atoms. The molecular weight excluding hydrogens is 255 g/mol. The molecule has 0 fully saturated rings. The molecule has 1 unspecified atom stereocenters. The fourth-order valence-corrected chi connectivity index (χ4v) is 2.58. The lowest BCUT2D eigenvalue weighted by atomic mass is 10.1. The highest BCUT2D eigenvalue weighted by atomic mass is 35.5. The van der Waals surface area contributed by atoms with Crippen LogP contribution in [0.4, 0.5) is 0 Å². The summed E-state index contributed by atoms with van der Waals surface area (Å²) >= 11 is 9.91. The predicted molar refractivity (Wildman–Crippen MR) is 63.0 cm³/mol. The number of hydrogen-bond acceptors (Lipinski definition) is 1. The van der Waals surface area contributed by atoms with Crippen molar-refractivity contribution in [2.24, 2.45) is 0 Å². The Morgan fingerprint density at radius 1 is 1.07 bits per heavy atom. The topological polar surface area (TPSA) is 37.3 Å². The maximum atomic E-state index is 11.1. The summed E-state index contributed by atoms with van der Waals surface area (Å²) in [6.45, 7) is 0. The normalized spacial score (nSPS) is 13.0. The summed E-state index contributed by atoms with van der Waals surface area (Å²) in [6.07, 6.45) is 0. The van der Waals surface area contributed by atoms with Crippen LogP contribution in [0.5, 0.6) is 0 Å². The molecule has 0 aliphatic carbocycles. The van der Waals surface area contributed by atoms with Crippen molar-refractivity contribution >= 4 is 45.1 Å². The van der Waals surface area contributed by atoms with Gasteiger partial charge in [0.1, 0.15) is 0 Å². The smallest absolute Gasteiger partial charge is 0.187 e. The highest BCUT2D eigenvalue weighted by molar-refractivity contribution is 7.79. The van der Waals surface area contributed by atoms with E-state index in [0.717, 1.165) is 0 Å². The molecule has 0 saturated heterocycles. The van der Waals surface area contributed by atoms with Crippen molar-refractivity contribution in [2.75, 3.05) is 0 Å². The van der Waals surface area contributed by atoms with E-state index in [0.29, 0.717) is 25.7 Å². The largest absolute Gasteiger partial charge is 0.302 e. The predicted octanol–water partition coefficient (Wildman–Crippen LogP) is 3.73. The van der Waals surface area contributed by atoms with Crippen molar-refractivity contribution in [3.8, 4) is 0 Å². The van der Waals surface area contributed by atoms with Crippen LogP contribution in [0.3, 0.4) is 0 Å². The zero-order valence-electron chi connectivity index (χ0n) is 7.41. The van der Waals surface area contributed by atoms with Crippen LogP contribution in [0.15, 0.2) is 35.2 Å². The first-order valence-corrected chi connectivity index (χ1v) is 5.95. The zero-order valence-corrected chi connectivity index (χ0v) is 9.73. The molecule has 0 spiro atoms. The molecule has 5 heteroatoms. The molecule has 0 aliphatic rings. The average Bonchev–Trinajstić information content (AvgIpc) is 2.17. The Labute approximate surface area is 99.1 Å². The van der Waals surface area contributed by atoms with Gasteiger partial charge in [-0.25, -0.2) is 4.21 Å². The molecule has 0 aromatic heterocycles. The molecule has 2 aromatic rings. The van der Waals surface area contributed by atoms with Crippen molar-refractivity contribution in [3.05, 3.63) is 40.4 Å². The van der Waals surface area contributed by atoms with Gasteiger partial charge >= 0.3 is 0 Å². The summed E-state index contributed by atoms with van der Waals surface area (Å²) in [6, 6.07) is 8.23. The van der Waals surface area contributed by atoms with Gasteiger partial charge < -0.3 is 4.55 Å². The van der Waals surface area contributed by atoms with Gasteiger partial charge in [0.2, 0.25) is 0 Å². The molecule has 0 aliphatic heterocycles. The molecule has 0 bridgehead atoms. The molecule has 1 N–H and O–H groups in total. The minimum atomic E-state index is -2.04. The monoisotopic (exact) mass is 260 g/mol. The lowest BCUT2D eigenvalue weighted by molar-refractivity contribution is 0.565. The van der Waals surface area contributed by atoms with Gasteiger partial charge in [0, 0.05) is 20.8 Å². The van der Waals surface area contributed by atoms with Crippen LogP contribution >= 0.6 is 23.2 Å². The van der Waals surface area contributed by atoms with Gasteiger partial charge in [-0.2, -0.15) is 0 Å². The maximum absolute atomic E-state index is 11.1. The summed E-state index contributed by atoms with van der Waals surface area (Å²) < 4.78 is 20.2. The van der Waals surface area contributed by atoms with E-state index in [9.17, 15) is 4.21 Å². The van der Waals surface area contributed by atoms with Crippen molar-refractivity contribution in [1.29, 1.82) is 0 Å². The molecule has 1 atom stereocenters. The highest BCUT2D eigenvalue weighted by Gasteiger charge is 2.10. The Bertz CT molecular complexity index is 546. The van der Waals surface area contributed by atoms with E-state index < -0.39 is 11.1 Å². The number of fused-ring (bicyclic) bond motifs is 1. The van der Waals surface area contributed by atoms with Gasteiger partial charge in [0.05, 0.1) is 4.90 Å². The highest BCUT2D eigenvalue weighted by Crippen LogP contribution is 2.33. The van der Waals surface area contributed by atoms with E-state index in [4.69, 9.17) is 27.8 Å². The van der Waals surface area contributed by atoms with Crippen LogP contribution in [0.1, 0.15) is 0 Å². The summed E-state index contributed by atoms with van der Waals surface area (Å²) in [7, 11) is 0. The van der Waals surface area contributed by atoms with Crippen molar-refractivity contribution in [1.82, 2.24) is 0 Å². The molecule has 78 valence electrons. The Balaban J connectivity index is 2.95. The van der Waals surface area contributed by atoms with E-state index in [-0.39, 0.29) is 0 Å². The fourth-order valence-electron chi connectivity index (χ4n) is 1.45. The van der Waals surface area contributed by atoms with E-state index in [1.165, 1.54) is 6.07 Å². The van der Waals surface area contributed by atoms with E-state index >= 15 is 0 Å². The lowest BCUT2D eigenvalue weighted by Gasteiger charge is -2.06. The first-order valence-electron chi connectivity index (χ1n) is 4.09. The second kappa shape index (κ2) is 4.10. The van der Waals surface area contributed by atoms with Crippen LogP contribution < -0.4 is 0 Å². The van der Waals surface area contributed by atoms with Crippen LogP contribution in [0.25, 0.3) is 10.8 Å². The average molecular weight is 261 g/mol. The van der Waals surface area contributed by atoms with Gasteiger partial charge in [-0.1, -0.05) is 35.3 Å². The number of rotatable bonds is 1. The van der Waals surface area contributed by atoms with Crippen molar-refractivity contribution in [2.45, 2.75) is 4.90 Å². The minimum absolute atomic E-state index is 0.317. The van der Waals surface area contributed by atoms with Gasteiger partial charge in [0.15, 0.2) is 11.1 Å². The molecule has 2 rings (SSSR count). The van der Waals surface area contributed by atoms with Crippen molar-refractivity contribution in [3.63, 3.8) is 0 Å². The molecular formula is C10H6Cl2O2S. The third-order valence-corrected chi connectivity index (χ3v) is 3.45. The van der Waals surface area contributed by atoms with Gasteiger partial charge in [-0.05, 0) is 18.2 Å². The van der Waals surface area contributed by atoms with Crippen molar-refractivity contribution < 1.29 is 8.76 Å². The van der Waals surface area contributed by atoms with Crippen LogP contribution in [0, 0.1) is 0 Å². The van der Waals surface area contributed by atoms with Gasteiger partial charge in [-0.3, -0.25) is 0 Å². The quantitative estimate of drug-likeness (QED) is 0.794. The number of benzene rings is 2. The third kappa shape index (κ3) is 1.88. The summed E-state index contributed by atoms with van der Waals surface area (Å²) in [5.74, 6) is 0. The molecule has 2 aromatic carbocycles. The first-order chi connectivity index (χ1) is 7.11. The standard InChI is InChI=1S/C10H6Cl2O2S/c11-7-3-1-2-6-9(15(13)14)5-4-8(12)10(6)7/h1-5H,(H,13,14). The first kappa shape index (κ1) is 10.9. The third-order valence-electron chi connectivity index (χ3n) is 2.09. The van der Waals surface area contributed by atoms with Gasteiger partial charge in [-0.15, -0.1) is 0 Å². The fraction of sp³-hybridized carbons (Fsp3) is 0. The summed E-state index contributed by atoms with van der Waals surface area (Å²) in [4.78, 5) is 0.317. The zero-order chi connectivity index (χ0) is 11.0. The number of hydrogen-bond donors (Lipinski definition) is 1. The van der Waals surface area contributed by atoms with Gasteiger partial charge in [0.25, 0.3) is 0 Å². The molecule has 2 nitrogen and oxygen atoms in total. The minimum Gasteiger partial charge on any atom is -0.302 e. The van der Waals surface area contributed by atoms with Crippen LogP contribution in [-0.4, -0.2) is 8.76 Å². The Morgan fingerprint density at radius 2 is 1.73 bits per heavy atom. The second-order valence-corrected chi connectivity index (χ2v) is 4.71. The Morgan fingerprint density at radius 3 is 2.40 bits per heavy atom. The van der Waals surface area contributed by atoms with E-state index in [1.807, 2.05) is 0 Å². The molecule has 0 saturated carbocycles. The Kier molecular flexibility index (Phi) is 2.98. The SMILES string of the molecule is O=S(O)c1ccc(Cl)c2c(Cl)cccc12. The van der Waals surface area contributed by atoms with E-state index in [1.54, 1.807) is 24.3 Å². The lowest BCUT2D eigenvalue weighted by Crippen LogP contribution is -1.90. The van der Waals surface area contributed by atoms with E-state index in [2.05, 4.69) is 0 Å². The van der Waals surface area contributed by atoms with Crippen LogP contribution in [-0.2, 0) is 11.1 Å².